The fourth-order valence-electron chi connectivity index (χ4n) is 2.86. The minimum atomic E-state index is -0.121. The molecule has 29 heavy (non-hydrogen) atoms. The molecule has 0 fully saturated rings. The van der Waals surface area contributed by atoms with E-state index in [1.807, 2.05) is 30.3 Å². The monoisotopic (exact) mass is 399 g/mol. The fourth-order valence-corrected chi connectivity index (χ4v) is 2.86. The van der Waals surface area contributed by atoms with Gasteiger partial charge in [-0.15, -0.1) is 0 Å². The van der Waals surface area contributed by atoms with Gasteiger partial charge in [-0.2, -0.15) is 0 Å². The van der Waals surface area contributed by atoms with E-state index in [1.54, 1.807) is 19.2 Å². The van der Waals surface area contributed by atoms with Crippen molar-refractivity contribution in [3.8, 4) is 17.2 Å². The summed E-state index contributed by atoms with van der Waals surface area (Å²) in [4.78, 5) is 12.4. The van der Waals surface area contributed by atoms with E-state index < -0.39 is 0 Å². The van der Waals surface area contributed by atoms with E-state index >= 15 is 0 Å². The molecule has 1 amide bonds. The van der Waals surface area contributed by atoms with Crippen molar-refractivity contribution in [2.45, 2.75) is 52.5 Å². The van der Waals surface area contributed by atoms with Crippen LogP contribution < -0.4 is 19.5 Å². The van der Waals surface area contributed by atoms with Gasteiger partial charge in [-0.3, -0.25) is 4.79 Å². The van der Waals surface area contributed by atoms with Crippen LogP contribution >= 0.6 is 0 Å². The average molecular weight is 400 g/mol. The Morgan fingerprint density at radius 3 is 2.34 bits per heavy atom. The molecular weight excluding hydrogens is 366 g/mol. The van der Waals surface area contributed by atoms with E-state index in [9.17, 15) is 4.79 Å². The topological polar surface area (TPSA) is 56.8 Å². The summed E-state index contributed by atoms with van der Waals surface area (Å²) in [5.74, 6) is 2.07. The summed E-state index contributed by atoms with van der Waals surface area (Å²) >= 11 is 0. The maximum absolute atomic E-state index is 12.4. The third-order valence-electron chi connectivity index (χ3n) is 4.53. The van der Waals surface area contributed by atoms with Crippen molar-refractivity contribution in [2.75, 3.05) is 20.3 Å². The van der Waals surface area contributed by atoms with Crippen molar-refractivity contribution in [1.29, 1.82) is 0 Å². The molecule has 0 aromatic heterocycles. The van der Waals surface area contributed by atoms with Crippen LogP contribution in [-0.2, 0) is 6.54 Å². The number of nitrogens with one attached hydrogen (secondary N) is 1. The zero-order valence-electron chi connectivity index (χ0n) is 17.8. The molecule has 158 valence electrons. The maximum Gasteiger partial charge on any atom is 0.251 e. The number of unbranched alkanes of at least 4 members (excludes halogenated alkanes) is 3. The predicted octanol–water partition coefficient (Wildman–Crippen LogP) is 5.37. The molecule has 2 aromatic carbocycles. The molecule has 0 radical (unpaired) electrons. The van der Waals surface area contributed by atoms with Gasteiger partial charge in [-0.1, -0.05) is 39.2 Å². The highest BCUT2D eigenvalue weighted by Crippen LogP contribution is 2.28. The number of amides is 1. The number of rotatable bonds is 13. The predicted molar refractivity (Wildman–Crippen MR) is 116 cm³/mol. The quantitative estimate of drug-likeness (QED) is 0.460. The van der Waals surface area contributed by atoms with Crippen LogP contribution in [0.2, 0.25) is 0 Å². The van der Waals surface area contributed by atoms with Gasteiger partial charge in [-0.05, 0) is 54.8 Å². The Labute approximate surface area is 174 Å². The third kappa shape index (κ3) is 7.68. The van der Waals surface area contributed by atoms with Crippen molar-refractivity contribution in [3.63, 3.8) is 0 Å². The normalized spacial score (nSPS) is 10.4. The average Bonchev–Trinajstić information content (AvgIpc) is 2.76. The lowest BCUT2D eigenvalue weighted by Gasteiger charge is -2.12. The second-order valence-electron chi connectivity index (χ2n) is 6.95. The van der Waals surface area contributed by atoms with Crippen molar-refractivity contribution in [3.05, 3.63) is 53.6 Å². The first-order chi connectivity index (χ1) is 14.2. The largest absolute Gasteiger partial charge is 0.494 e. The van der Waals surface area contributed by atoms with Crippen LogP contribution in [0.15, 0.2) is 42.5 Å². The number of benzene rings is 2. The van der Waals surface area contributed by atoms with Crippen LogP contribution in [0.25, 0.3) is 0 Å². The molecule has 0 aliphatic carbocycles. The summed E-state index contributed by atoms with van der Waals surface area (Å²) in [7, 11) is 1.62. The van der Waals surface area contributed by atoms with Gasteiger partial charge in [0, 0.05) is 12.1 Å². The molecule has 2 aromatic rings. The fraction of sp³-hybridized carbons (Fsp3) is 0.458. The Bertz CT molecular complexity index is 743. The summed E-state index contributed by atoms with van der Waals surface area (Å²) in [6, 6.07) is 13.0. The summed E-state index contributed by atoms with van der Waals surface area (Å²) < 4.78 is 16.8. The van der Waals surface area contributed by atoms with Gasteiger partial charge < -0.3 is 19.5 Å². The first-order valence-electron chi connectivity index (χ1n) is 10.5. The Morgan fingerprint density at radius 1 is 0.862 bits per heavy atom. The van der Waals surface area contributed by atoms with Crippen molar-refractivity contribution < 1.29 is 19.0 Å². The second-order valence-corrected chi connectivity index (χ2v) is 6.95. The van der Waals surface area contributed by atoms with Gasteiger partial charge in [0.25, 0.3) is 5.91 Å². The van der Waals surface area contributed by atoms with Crippen LogP contribution in [-0.4, -0.2) is 26.2 Å². The molecule has 0 heterocycles. The second kappa shape index (κ2) is 12.7. The molecule has 2 rings (SSSR count). The number of carbonyl (C=O) groups is 1. The molecule has 0 unspecified atom stereocenters. The standard InChI is InChI=1S/C24H33NO4/c1-4-6-7-8-16-28-21-12-10-20(11-13-21)24(26)25-18-19-9-14-22(29-15-5-2)23(17-19)27-3/h9-14,17H,4-8,15-16,18H2,1-3H3,(H,25,26). The highest BCUT2D eigenvalue weighted by atomic mass is 16.5. The number of hydrogen-bond donors (Lipinski definition) is 1. The maximum atomic E-state index is 12.4. The number of ether oxygens (including phenoxy) is 3. The summed E-state index contributed by atoms with van der Waals surface area (Å²) in [6.07, 6.45) is 5.63. The Morgan fingerprint density at radius 2 is 1.66 bits per heavy atom. The van der Waals surface area contributed by atoms with Crippen LogP contribution in [0, 0.1) is 0 Å². The molecule has 5 nitrogen and oxygen atoms in total. The third-order valence-corrected chi connectivity index (χ3v) is 4.53. The van der Waals surface area contributed by atoms with Crippen LogP contribution in [0.1, 0.15) is 61.9 Å². The lowest BCUT2D eigenvalue weighted by atomic mass is 10.1. The van der Waals surface area contributed by atoms with Gasteiger partial charge in [0.15, 0.2) is 11.5 Å². The first-order valence-corrected chi connectivity index (χ1v) is 10.5. The minimum Gasteiger partial charge on any atom is -0.494 e. The van der Waals surface area contributed by atoms with Gasteiger partial charge in [0.1, 0.15) is 5.75 Å². The van der Waals surface area contributed by atoms with Gasteiger partial charge in [0.05, 0.1) is 20.3 Å². The van der Waals surface area contributed by atoms with Crippen LogP contribution in [0.3, 0.4) is 0 Å². The van der Waals surface area contributed by atoms with E-state index in [4.69, 9.17) is 14.2 Å². The van der Waals surface area contributed by atoms with E-state index in [0.29, 0.717) is 31.1 Å². The Kier molecular flexibility index (Phi) is 9.90. The van der Waals surface area contributed by atoms with E-state index in [0.717, 1.165) is 29.9 Å². The highest BCUT2D eigenvalue weighted by Gasteiger charge is 2.09. The lowest BCUT2D eigenvalue weighted by molar-refractivity contribution is 0.0951. The summed E-state index contributed by atoms with van der Waals surface area (Å²) in [5.41, 5.74) is 1.56. The van der Waals surface area contributed by atoms with Crippen molar-refractivity contribution >= 4 is 5.91 Å². The molecule has 0 aliphatic heterocycles. The number of hydrogen-bond acceptors (Lipinski definition) is 4. The van der Waals surface area contributed by atoms with Gasteiger partial charge >= 0.3 is 0 Å². The van der Waals surface area contributed by atoms with Crippen molar-refractivity contribution in [1.82, 2.24) is 5.32 Å². The van der Waals surface area contributed by atoms with E-state index in [2.05, 4.69) is 19.2 Å². The summed E-state index contributed by atoms with van der Waals surface area (Å²) in [6.45, 7) is 6.02. The first kappa shape index (κ1) is 22.6. The summed E-state index contributed by atoms with van der Waals surface area (Å²) in [5, 5.41) is 2.94. The van der Waals surface area contributed by atoms with Crippen LogP contribution in [0.5, 0.6) is 17.2 Å². The molecule has 5 heteroatoms. The van der Waals surface area contributed by atoms with E-state index in [1.165, 1.54) is 19.3 Å². The van der Waals surface area contributed by atoms with E-state index in [-0.39, 0.29) is 5.91 Å². The Hall–Kier alpha value is -2.69. The minimum absolute atomic E-state index is 0.121. The zero-order valence-corrected chi connectivity index (χ0v) is 17.8. The molecule has 1 N–H and O–H groups in total. The Balaban J connectivity index is 1.84. The lowest BCUT2D eigenvalue weighted by Crippen LogP contribution is -2.22. The smallest absolute Gasteiger partial charge is 0.251 e. The van der Waals surface area contributed by atoms with Gasteiger partial charge in [0.2, 0.25) is 0 Å². The zero-order chi connectivity index (χ0) is 20.9. The molecule has 0 spiro atoms. The molecule has 0 saturated heterocycles. The molecule has 0 atom stereocenters. The van der Waals surface area contributed by atoms with Crippen LogP contribution in [0.4, 0.5) is 0 Å². The highest BCUT2D eigenvalue weighted by molar-refractivity contribution is 5.94. The SMILES string of the molecule is CCCCCCOc1ccc(C(=O)NCc2ccc(OCCC)c(OC)c2)cc1. The number of methoxy groups -OCH3 is 1. The van der Waals surface area contributed by atoms with Crippen molar-refractivity contribution in [2.24, 2.45) is 0 Å². The molecule has 0 aliphatic rings. The molecule has 0 bridgehead atoms. The molecular formula is C24H33NO4. The number of carbonyl (C=O) groups excluding carboxylic acids is 1. The molecule has 0 saturated carbocycles. The van der Waals surface area contributed by atoms with Gasteiger partial charge in [-0.25, -0.2) is 0 Å².